The average molecular weight is 416 g/mol. The van der Waals surface area contributed by atoms with Crippen LogP contribution in [0.25, 0.3) is 0 Å². The molecule has 1 aromatic carbocycles. The normalized spacial score (nSPS) is 10.3. The molecule has 0 radical (unpaired) electrons. The average Bonchev–Trinajstić information content (AvgIpc) is 3.12. The number of thiophene rings is 1. The fraction of sp³-hybridized carbons (Fsp3) is 0.333. The molecule has 0 saturated carbocycles. The zero-order valence-corrected chi connectivity index (χ0v) is 17.5. The minimum absolute atomic E-state index is 0.0295. The summed E-state index contributed by atoms with van der Waals surface area (Å²) in [5, 5.41) is 2.69. The molecule has 1 N–H and O–H groups in total. The number of esters is 1. The van der Waals surface area contributed by atoms with Gasteiger partial charge in [-0.05, 0) is 38.1 Å². The van der Waals surface area contributed by atoms with Gasteiger partial charge in [-0.15, -0.1) is 11.3 Å². The Morgan fingerprint density at radius 2 is 1.69 bits per heavy atom. The topological polar surface area (TPSA) is 92.8 Å². The number of carbonyl (C=O) groups is 4. The van der Waals surface area contributed by atoms with E-state index in [2.05, 4.69) is 5.32 Å². The molecule has 0 unspecified atom stereocenters. The molecule has 0 aliphatic carbocycles. The van der Waals surface area contributed by atoms with E-state index < -0.39 is 18.5 Å². The van der Waals surface area contributed by atoms with Crippen LogP contribution >= 0.6 is 11.3 Å². The summed E-state index contributed by atoms with van der Waals surface area (Å²) in [4.78, 5) is 50.6. The lowest BCUT2D eigenvalue weighted by Crippen LogP contribution is -2.37. The number of Topliss-reactive ketones (excluding diaryl/α,β-unsaturated/α-hetero) is 1. The van der Waals surface area contributed by atoms with E-state index in [0.717, 1.165) is 10.4 Å². The molecular weight excluding hydrogens is 392 g/mol. The van der Waals surface area contributed by atoms with Crippen LogP contribution in [0.4, 0.5) is 5.69 Å². The van der Waals surface area contributed by atoms with Crippen molar-refractivity contribution < 1.29 is 23.9 Å². The number of hydrogen-bond acceptors (Lipinski definition) is 6. The van der Waals surface area contributed by atoms with E-state index in [9.17, 15) is 19.2 Å². The molecule has 154 valence electrons. The quantitative estimate of drug-likeness (QED) is 0.501. The predicted octanol–water partition coefficient (Wildman–Crippen LogP) is 2.97. The van der Waals surface area contributed by atoms with Gasteiger partial charge in [0.1, 0.15) is 0 Å². The van der Waals surface area contributed by atoms with E-state index in [1.807, 2.05) is 32.0 Å². The van der Waals surface area contributed by atoms with Gasteiger partial charge in [0, 0.05) is 24.0 Å². The van der Waals surface area contributed by atoms with Gasteiger partial charge in [-0.1, -0.05) is 17.7 Å². The van der Waals surface area contributed by atoms with Gasteiger partial charge in [0.15, 0.2) is 12.4 Å². The van der Waals surface area contributed by atoms with Gasteiger partial charge in [0.05, 0.1) is 17.8 Å². The summed E-state index contributed by atoms with van der Waals surface area (Å²) >= 11 is 1.38. The number of rotatable bonds is 9. The Bertz CT molecular complexity index is 889. The zero-order valence-electron chi connectivity index (χ0n) is 16.7. The van der Waals surface area contributed by atoms with Gasteiger partial charge in [0.25, 0.3) is 5.91 Å². The standard InChI is InChI=1S/C21H24N2O5S/c1-14-4-7-16(8-5-14)22-19(25)12-23(3)20(26)13-28-21(27)11-9-17(24)18-10-6-15(2)29-18/h4-8,10H,9,11-13H2,1-3H3,(H,22,25). The summed E-state index contributed by atoms with van der Waals surface area (Å²) < 4.78 is 4.92. The van der Waals surface area contributed by atoms with Gasteiger partial charge >= 0.3 is 5.97 Å². The maximum Gasteiger partial charge on any atom is 0.306 e. The molecule has 29 heavy (non-hydrogen) atoms. The number of likely N-dealkylation sites (N-methyl/N-ethyl adjacent to an activating group) is 1. The Hall–Kier alpha value is -3.00. The first-order chi connectivity index (χ1) is 13.7. The van der Waals surface area contributed by atoms with Crippen molar-refractivity contribution in [2.24, 2.45) is 0 Å². The van der Waals surface area contributed by atoms with Crippen molar-refractivity contribution in [2.45, 2.75) is 26.7 Å². The highest BCUT2D eigenvalue weighted by Gasteiger charge is 2.16. The lowest BCUT2D eigenvalue weighted by Gasteiger charge is -2.16. The number of anilines is 1. The fourth-order valence-electron chi connectivity index (χ4n) is 2.39. The smallest absolute Gasteiger partial charge is 0.306 e. The summed E-state index contributed by atoms with van der Waals surface area (Å²) in [5.41, 5.74) is 1.71. The molecule has 0 aliphatic rings. The van der Waals surface area contributed by atoms with E-state index in [-0.39, 0.29) is 31.1 Å². The van der Waals surface area contributed by atoms with Crippen LogP contribution in [-0.2, 0) is 19.1 Å². The van der Waals surface area contributed by atoms with Gasteiger partial charge in [-0.3, -0.25) is 19.2 Å². The summed E-state index contributed by atoms with van der Waals surface area (Å²) in [7, 11) is 1.45. The molecule has 8 heteroatoms. The van der Waals surface area contributed by atoms with Gasteiger partial charge in [-0.25, -0.2) is 0 Å². The molecule has 0 aliphatic heterocycles. The lowest BCUT2D eigenvalue weighted by molar-refractivity contribution is -0.151. The summed E-state index contributed by atoms with van der Waals surface area (Å²) in [6.45, 7) is 3.21. The van der Waals surface area contributed by atoms with Gasteiger partial charge in [-0.2, -0.15) is 0 Å². The Morgan fingerprint density at radius 1 is 1.00 bits per heavy atom. The van der Waals surface area contributed by atoms with Crippen LogP contribution < -0.4 is 5.32 Å². The van der Waals surface area contributed by atoms with Crippen LogP contribution in [0.2, 0.25) is 0 Å². The van der Waals surface area contributed by atoms with Crippen LogP contribution in [0, 0.1) is 13.8 Å². The third kappa shape index (κ3) is 7.50. The van der Waals surface area contributed by atoms with Crippen molar-refractivity contribution in [1.29, 1.82) is 0 Å². The summed E-state index contributed by atoms with van der Waals surface area (Å²) in [5.74, 6) is -1.61. The fourth-order valence-corrected chi connectivity index (χ4v) is 3.22. The maximum atomic E-state index is 12.0. The number of nitrogens with zero attached hydrogens (tertiary/aromatic N) is 1. The first kappa shape index (κ1) is 22.3. The van der Waals surface area contributed by atoms with E-state index >= 15 is 0 Å². The van der Waals surface area contributed by atoms with Crippen molar-refractivity contribution >= 4 is 40.6 Å². The van der Waals surface area contributed by atoms with Crippen molar-refractivity contribution in [2.75, 3.05) is 25.5 Å². The van der Waals surface area contributed by atoms with E-state index in [4.69, 9.17) is 4.74 Å². The third-order valence-electron chi connectivity index (χ3n) is 4.07. The highest BCUT2D eigenvalue weighted by atomic mass is 32.1. The number of nitrogens with one attached hydrogen (secondary N) is 1. The highest BCUT2D eigenvalue weighted by molar-refractivity contribution is 7.14. The number of amides is 2. The van der Waals surface area contributed by atoms with E-state index in [0.29, 0.717) is 10.6 Å². The molecule has 7 nitrogen and oxygen atoms in total. The SMILES string of the molecule is Cc1ccc(NC(=O)CN(C)C(=O)COC(=O)CCC(=O)c2ccc(C)s2)cc1. The number of ether oxygens (including phenoxy) is 1. The van der Waals surface area contributed by atoms with Crippen LogP contribution in [-0.4, -0.2) is 48.7 Å². The molecule has 1 aromatic heterocycles. The second kappa shape index (κ2) is 10.5. The van der Waals surface area contributed by atoms with Crippen molar-refractivity contribution in [1.82, 2.24) is 4.90 Å². The molecule has 0 spiro atoms. The number of aryl methyl sites for hydroxylation is 2. The van der Waals surface area contributed by atoms with Crippen molar-refractivity contribution in [3.05, 3.63) is 51.7 Å². The zero-order chi connectivity index (χ0) is 21.4. The maximum absolute atomic E-state index is 12.0. The first-order valence-electron chi connectivity index (χ1n) is 9.10. The van der Waals surface area contributed by atoms with Crippen LogP contribution in [0.3, 0.4) is 0 Å². The monoisotopic (exact) mass is 416 g/mol. The first-order valence-corrected chi connectivity index (χ1v) is 9.92. The number of carbonyl (C=O) groups excluding carboxylic acids is 4. The Labute approximate surface area is 173 Å². The molecule has 2 aromatic rings. The number of benzene rings is 1. The predicted molar refractivity (Wildman–Crippen MR) is 111 cm³/mol. The molecular formula is C21H24N2O5S. The van der Waals surface area contributed by atoms with Gasteiger partial charge < -0.3 is 15.0 Å². The molecule has 0 fully saturated rings. The Kier molecular flexibility index (Phi) is 8.09. The minimum atomic E-state index is -0.627. The van der Waals surface area contributed by atoms with Crippen LogP contribution in [0.1, 0.15) is 33.0 Å². The number of hydrogen-bond donors (Lipinski definition) is 1. The molecule has 0 atom stereocenters. The number of ketones is 1. The summed E-state index contributed by atoms with van der Waals surface area (Å²) in [6, 6.07) is 10.9. The minimum Gasteiger partial charge on any atom is -0.456 e. The summed E-state index contributed by atoms with van der Waals surface area (Å²) in [6.07, 6.45) is -0.0670. The van der Waals surface area contributed by atoms with E-state index in [1.54, 1.807) is 18.2 Å². The second-order valence-corrected chi connectivity index (χ2v) is 7.95. The molecule has 0 saturated heterocycles. The highest BCUT2D eigenvalue weighted by Crippen LogP contribution is 2.17. The molecule has 1 heterocycles. The van der Waals surface area contributed by atoms with Crippen LogP contribution in [0.5, 0.6) is 0 Å². The molecule has 2 rings (SSSR count). The van der Waals surface area contributed by atoms with E-state index in [1.165, 1.54) is 23.3 Å². The van der Waals surface area contributed by atoms with Crippen LogP contribution in [0.15, 0.2) is 36.4 Å². The van der Waals surface area contributed by atoms with Crippen molar-refractivity contribution in [3.63, 3.8) is 0 Å². The Balaban J connectivity index is 1.69. The second-order valence-electron chi connectivity index (χ2n) is 6.66. The van der Waals surface area contributed by atoms with Gasteiger partial charge in [0.2, 0.25) is 5.91 Å². The van der Waals surface area contributed by atoms with Crippen molar-refractivity contribution in [3.8, 4) is 0 Å². The lowest BCUT2D eigenvalue weighted by atomic mass is 10.2. The largest absolute Gasteiger partial charge is 0.456 e. The molecule has 0 bridgehead atoms. The Morgan fingerprint density at radius 3 is 2.31 bits per heavy atom. The third-order valence-corrected chi connectivity index (χ3v) is 5.11. The molecule has 2 amide bonds.